The number of hydrogen-bond acceptors (Lipinski definition) is 6. The minimum absolute atomic E-state index is 0.0354. The lowest BCUT2D eigenvalue weighted by atomic mass is 9.80. The van der Waals surface area contributed by atoms with Gasteiger partial charge in [0, 0.05) is 71.0 Å². The van der Waals surface area contributed by atoms with Gasteiger partial charge in [0.25, 0.3) is 5.91 Å². The van der Waals surface area contributed by atoms with Crippen molar-refractivity contribution in [2.45, 2.75) is 108 Å². The molecule has 4 fully saturated rings. The maximum absolute atomic E-state index is 13.1. The predicted octanol–water partition coefficient (Wildman–Crippen LogP) is 5.08. The number of halogens is 3. The Hall–Kier alpha value is -2.83. The first-order valence-corrected chi connectivity index (χ1v) is 15.8. The zero-order chi connectivity index (χ0) is 31.2. The summed E-state index contributed by atoms with van der Waals surface area (Å²) in [4.78, 5) is 45.8. The predicted molar refractivity (Wildman–Crippen MR) is 152 cm³/mol. The highest BCUT2D eigenvalue weighted by molar-refractivity contribution is 5.90. The van der Waals surface area contributed by atoms with E-state index in [4.69, 9.17) is 14.6 Å². The number of unbranched alkanes of at least 4 members (excludes halogenated alkanes) is 1. The van der Waals surface area contributed by atoms with E-state index >= 15 is 0 Å². The van der Waals surface area contributed by atoms with Crippen molar-refractivity contribution >= 4 is 18.0 Å². The fraction of sp³-hybridized carbons (Fsp3) is 0.800. The Morgan fingerprint density at radius 2 is 1.70 bits per heavy atom. The largest absolute Gasteiger partial charge is 0.490 e. The number of aromatic nitrogens is 2. The second kappa shape index (κ2) is 14.3. The average Bonchev–Trinajstić information content (AvgIpc) is 3.52. The zero-order valence-electron chi connectivity index (χ0n) is 25.4. The topological polar surface area (TPSA) is 108 Å². The third kappa shape index (κ3) is 8.02. The van der Waals surface area contributed by atoms with Gasteiger partial charge in [-0.15, -0.1) is 0 Å². The number of carboxylic acid groups (broad SMARTS) is 1. The molecule has 43 heavy (non-hydrogen) atoms. The third-order valence-electron chi connectivity index (χ3n) is 9.69. The molecule has 4 heterocycles. The lowest BCUT2D eigenvalue weighted by Crippen LogP contribution is -2.56. The van der Waals surface area contributed by atoms with Gasteiger partial charge in [0.15, 0.2) is 5.82 Å². The highest BCUT2D eigenvalue weighted by atomic mass is 19.4. The van der Waals surface area contributed by atoms with Crippen LogP contribution >= 0.6 is 0 Å². The van der Waals surface area contributed by atoms with Gasteiger partial charge in [-0.3, -0.25) is 9.69 Å². The number of aryl methyl sites for hydroxylation is 1. The van der Waals surface area contributed by atoms with Gasteiger partial charge in [-0.25, -0.2) is 14.6 Å². The van der Waals surface area contributed by atoms with E-state index in [9.17, 15) is 22.8 Å². The molecule has 0 bridgehead atoms. The number of aliphatic carboxylic acids is 1. The fourth-order valence-electron chi connectivity index (χ4n) is 7.23. The van der Waals surface area contributed by atoms with Crippen molar-refractivity contribution in [3.8, 4) is 0 Å². The monoisotopic (exact) mass is 613 g/mol. The number of nitrogens with zero attached hydrogens (tertiary/aromatic N) is 5. The van der Waals surface area contributed by atoms with E-state index < -0.39 is 12.1 Å². The minimum Gasteiger partial charge on any atom is -0.475 e. The number of imidazole rings is 1. The number of carbonyl (C=O) groups excluding carboxylic acids is 2. The number of rotatable bonds is 7. The van der Waals surface area contributed by atoms with Crippen LogP contribution in [0.4, 0.5) is 18.0 Å². The van der Waals surface area contributed by atoms with Gasteiger partial charge < -0.3 is 24.2 Å². The molecule has 4 aliphatic rings. The molecule has 13 heteroatoms. The SMILES string of the molecule is CCCCC1N(CC2CCCCC2)C(=O)OC12CCN(C1CCN(C(=O)c3nccn3C)CC1)CC2.O=C(O)C(F)(F)F. The summed E-state index contributed by atoms with van der Waals surface area (Å²) in [6.45, 7) is 6.64. The first kappa shape index (κ1) is 33.1. The van der Waals surface area contributed by atoms with Gasteiger partial charge >= 0.3 is 18.2 Å². The molecule has 3 aliphatic heterocycles. The molecule has 0 radical (unpaired) electrons. The Kier molecular flexibility index (Phi) is 11.0. The van der Waals surface area contributed by atoms with Crippen molar-refractivity contribution in [1.82, 2.24) is 24.3 Å². The van der Waals surface area contributed by atoms with Crippen LogP contribution in [-0.4, -0.2) is 104 Å². The molecule has 242 valence electrons. The summed E-state index contributed by atoms with van der Waals surface area (Å²) in [5, 5.41) is 7.12. The minimum atomic E-state index is -5.08. The Bertz CT molecular complexity index is 1090. The molecule has 1 aromatic rings. The number of piperidine rings is 2. The number of likely N-dealkylation sites (tertiary alicyclic amines) is 2. The third-order valence-corrected chi connectivity index (χ3v) is 9.69. The summed E-state index contributed by atoms with van der Waals surface area (Å²) in [5.41, 5.74) is -0.313. The number of amides is 2. The highest BCUT2D eigenvalue weighted by Crippen LogP contribution is 2.43. The summed E-state index contributed by atoms with van der Waals surface area (Å²) < 4.78 is 39.8. The van der Waals surface area contributed by atoms with E-state index in [1.165, 1.54) is 32.1 Å². The van der Waals surface area contributed by atoms with Crippen LogP contribution in [-0.2, 0) is 16.6 Å². The van der Waals surface area contributed by atoms with Gasteiger partial charge in [-0.05, 0) is 38.0 Å². The standard InChI is InChI=1S/C28H45N5O3.C2HF3O2/c1-3-4-10-24-28(36-27(35)33(24)21-22-8-6-5-7-9-22)13-18-31(19-14-28)23-11-16-32(17-12-23)26(34)25-29-15-20-30(25)2;3-2(4,5)1(6)7/h15,20,22-24H,3-14,16-19,21H2,1-2H3;(H,6,7). The van der Waals surface area contributed by atoms with Crippen LogP contribution < -0.4 is 0 Å². The van der Waals surface area contributed by atoms with Crippen LogP contribution in [0.25, 0.3) is 0 Å². The summed E-state index contributed by atoms with van der Waals surface area (Å²) in [6, 6.07) is 0.726. The van der Waals surface area contributed by atoms with Gasteiger partial charge in [-0.1, -0.05) is 39.0 Å². The van der Waals surface area contributed by atoms with E-state index in [1.54, 1.807) is 10.8 Å². The van der Waals surface area contributed by atoms with Gasteiger partial charge in [0.05, 0.1) is 6.04 Å². The van der Waals surface area contributed by atoms with Crippen LogP contribution in [0, 0.1) is 5.92 Å². The van der Waals surface area contributed by atoms with Crippen molar-refractivity contribution in [3.63, 3.8) is 0 Å². The van der Waals surface area contributed by atoms with E-state index in [2.05, 4.69) is 21.7 Å². The Balaban J connectivity index is 0.000000541. The van der Waals surface area contributed by atoms with Crippen molar-refractivity contribution < 1.29 is 37.4 Å². The van der Waals surface area contributed by atoms with Crippen molar-refractivity contribution in [1.29, 1.82) is 0 Å². The van der Waals surface area contributed by atoms with E-state index in [0.29, 0.717) is 17.8 Å². The van der Waals surface area contributed by atoms with Crippen LogP contribution in [0.5, 0.6) is 0 Å². The van der Waals surface area contributed by atoms with Crippen LogP contribution in [0.15, 0.2) is 12.4 Å². The molecule has 1 N–H and O–H groups in total. The fourth-order valence-corrected chi connectivity index (χ4v) is 7.23. The molecule has 1 atom stereocenters. The second-order valence-electron chi connectivity index (χ2n) is 12.5. The highest BCUT2D eigenvalue weighted by Gasteiger charge is 2.55. The Morgan fingerprint density at radius 1 is 1.07 bits per heavy atom. The molecule has 1 aliphatic carbocycles. The average molecular weight is 614 g/mol. The smallest absolute Gasteiger partial charge is 0.475 e. The second-order valence-corrected chi connectivity index (χ2v) is 12.5. The van der Waals surface area contributed by atoms with Crippen molar-refractivity contribution in [2.75, 3.05) is 32.7 Å². The number of alkyl halides is 3. The molecule has 10 nitrogen and oxygen atoms in total. The van der Waals surface area contributed by atoms with E-state index in [1.807, 2.05) is 18.1 Å². The molecular formula is C30H46F3N5O5. The van der Waals surface area contributed by atoms with Crippen LogP contribution in [0.3, 0.4) is 0 Å². The summed E-state index contributed by atoms with van der Waals surface area (Å²) in [7, 11) is 1.87. The lowest BCUT2D eigenvalue weighted by molar-refractivity contribution is -0.192. The van der Waals surface area contributed by atoms with E-state index in [0.717, 1.165) is 77.7 Å². The zero-order valence-corrected chi connectivity index (χ0v) is 25.4. The lowest BCUT2D eigenvalue weighted by Gasteiger charge is -2.46. The normalized spacial score (nSPS) is 23.7. The molecule has 0 aromatic carbocycles. The summed E-state index contributed by atoms with van der Waals surface area (Å²) >= 11 is 0. The molecule has 3 saturated heterocycles. The van der Waals surface area contributed by atoms with Gasteiger partial charge in [-0.2, -0.15) is 13.2 Å². The first-order chi connectivity index (χ1) is 20.4. The van der Waals surface area contributed by atoms with Crippen LogP contribution in [0.1, 0.15) is 94.6 Å². The number of carboxylic acids is 1. The maximum Gasteiger partial charge on any atom is 0.490 e. The quantitative estimate of drug-likeness (QED) is 0.457. The number of ether oxygens (including phenoxy) is 1. The Labute approximate surface area is 251 Å². The van der Waals surface area contributed by atoms with Crippen molar-refractivity contribution in [2.24, 2.45) is 13.0 Å². The molecule has 1 spiro atoms. The summed E-state index contributed by atoms with van der Waals surface area (Å²) in [6.07, 6.45) is 12.0. The molecule has 5 rings (SSSR count). The number of hydrogen-bond donors (Lipinski definition) is 1. The van der Waals surface area contributed by atoms with Gasteiger partial charge in [0.2, 0.25) is 0 Å². The van der Waals surface area contributed by atoms with Gasteiger partial charge in [0.1, 0.15) is 5.60 Å². The molecule has 1 unspecified atom stereocenters. The molecule has 1 aromatic heterocycles. The van der Waals surface area contributed by atoms with Crippen LogP contribution in [0.2, 0.25) is 0 Å². The molecule has 2 amide bonds. The van der Waals surface area contributed by atoms with Crippen molar-refractivity contribution in [3.05, 3.63) is 18.2 Å². The Morgan fingerprint density at radius 3 is 2.23 bits per heavy atom. The molecular weight excluding hydrogens is 567 g/mol. The number of carbonyl (C=O) groups is 3. The van der Waals surface area contributed by atoms with E-state index in [-0.39, 0.29) is 23.6 Å². The first-order valence-electron chi connectivity index (χ1n) is 15.8. The summed E-state index contributed by atoms with van der Waals surface area (Å²) in [5.74, 6) is -1.56. The maximum atomic E-state index is 13.1. The molecule has 1 saturated carbocycles.